The molecule has 2 nitrogen and oxygen atoms in total. The van der Waals surface area contributed by atoms with Crippen molar-refractivity contribution >= 4 is 21.6 Å². The molecule has 2 aromatic rings. The van der Waals surface area contributed by atoms with Crippen LogP contribution in [0.2, 0.25) is 0 Å². The molecule has 4 heteroatoms. The van der Waals surface area contributed by atoms with Gasteiger partial charge in [0, 0.05) is 24.3 Å². The van der Waals surface area contributed by atoms with Gasteiger partial charge in [0.25, 0.3) is 0 Å². The Balaban J connectivity index is 1.04. The fourth-order valence-corrected chi connectivity index (χ4v) is 10.1. The zero-order valence-corrected chi connectivity index (χ0v) is 22.7. The molecule has 4 aliphatic rings. The predicted octanol–water partition coefficient (Wildman–Crippen LogP) is 8.53. The highest BCUT2D eigenvalue weighted by Crippen LogP contribution is 2.51. The van der Waals surface area contributed by atoms with Crippen molar-refractivity contribution in [1.29, 1.82) is 0 Å². The van der Waals surface area contributed by atoms with Crippen LogP contribution in [0.25, 0.3) is 0 Å². The topological polar surface area (TPSA) is 26.3 Å². The molecular formula is C30H38O2S2. The van der Waals surface area contributed by atoms with Gasteiger partial charge in [0.1, 0.15) is 11.5 Å². The molecule has 34 heavy (non-hydrogen) atoms. The molecule has 0 unspecified atom stereocenters. The summed E-state index contributed by atoms with van der Waals surface area (Å²) in [5.74, 6) is 7.55. The van der Waals surface area contributed by atoms with Crippen molar-refractivity contribution < 1.29 is 8.83 Å². The first-order chi connectivity index (χ1) is 16.3. The van der Waals surface area contributed by atoms with Crippen molar-refractivity contribution in [3.05, 3.63) is 70.6 Å². The van der Waals surface area contributed by atoms with E-state index < -0.39 is 0 Å². The SMILES string of the molecule is CC1(C)c2ccoc2C[C@H]2C=C(CSSCC3=C[C@@H]4Cc5occc5C(C)(C)[C@@H]4CC3)CC[C@H]21. The molecular weight excluding hydrogens is 456 g/mol. The fraction of sp³-hybridized carbons (Fsp3) is 0.600. The van der Waals surface area contributed by atoms with E-state index in [-0.39, 0.29) is 10.8 Å². The van der Waals surface area contributed by atoms with Gasteiger partial charge >= 0.3 is 0 Å². The van der Waals surface area contributed by atoms with Gasteiger partial charge in [0.2, 0.25) is 0 Å². The number of furan rings is 2. The van der Waals surface area contributed by atoms with Gasteiger partial charge in [-0.2, -0.15) is 0 Å². The molecule has 0 saturated carbocycles. The van der Waals surface area contributed by atoms with Gasteiger partial charge in [-0.25, -0.2) is 0 Å². The Kier molecular flexibility index (Phi) is 5.92. The number of fused-ring (bicyclic) bond motifs is 4. The molecule has 4 atom stereocenters. The minimum atomic E-state index is 0.227. The molecule has 0 N–H and O–H groups in total. The molecule has 0 aliphatic heterocycles. The maximum Gasteiger partial charge on any atom is 0.108 e. The Morgan fingerprint density at radius 2 is 1.18 bits per heavy atom. The summed E-state index contributed by atoms with van der Waals surface area (Å²) in [5.41, 5.74) is 6.66. The third kappa shape index (κ3) is 3.88. The normalized spacial score (nSPS) is 30.9. The molecule has 0 aromatic carbocycles. The van der Waals surface area contributed by atoms with E-state index in [1.165, 1.54) is 59.8 Å². The maximum absolute atomic E-state index is 5.86. The summed E-state index contributed by atoms with van der Waals surface area (Å²) in [4.78, 5) is 0. The first kappa shape index (κ1) is 23.2. The van der Waals surface area contributed by atoms with Gasteiger partial charge in [-0.3, -0.25) is 0 Å². The standard InChI is InChI=1S/C30H38O2S2/c1-29(2)23-7-5-19(13-21(23)15-27-25(29)9-11-31-27)17-33-34-18-20-6-8-24-22(14-20)16-28-26(10-12-32-28)30(24,3)4/h9-14,21-24H,5-8,15-18H2,1-4H3/t21-,22-,23-,24-/m1/s1. The number of hydrogen-bond acceptors (Lipinski definition) is 4. The van der Waals surface area contributed by atoms with E-state index in [4.69, 9.17) is 8.83 Å². The van der Waals surface area contributed by atoms with Gasteiger partial charge in [-0.05, 0) is 83.4 Å². The van der Waals surface area contributed by atoms with Crippen LogP contribution in [0.15, 0.2) is 56.8 Å². The molecule has 0 fully saturated rings. The largest absolute Gasteiger partial charge is 0.469 e. The second-order valence-corrected chi connectivity index (χ2v) is 14.6. The van der Waals surface area contributed by atoms with E-state index in [9.17, 15) is 0 Å². The van der Waals surface area contributed by atoms with Gasteiger partial charge in [-0.1, -0.05) is 72.6 Å². The Hall–Kier alpha value is -1.26. The average molecular weight is 495 g/mol. The highest BCUT2D eigenvalue weighted by Gasteiger charge is 2.45. The second kappa shape index (κ2) is 8.69. The van der Waals surface area contributed by atoms with Crippen LogP contribution in [0.3, 0.4) is 0 Å². The minimum absolute atomic E-state index is 0.227. The molecule has 2 heterocycles. The highest BCUT2D eigenvalue weighted by atomic mass is 33.1. The van der Waals surface area contributed by atoms with E-state index in [2.05, 4.69) is 73.6 Å². The lowest BCUT2D eigenvalue weighted by Gasteiger charge is -2.45. The van der Waals surface area contributed by atoms with Crippen molar-refractivity contribution in [1.82, 2.24) is 0 Å². The lowest BCUT2D eigenvalue weighted by molar-refractivity contribution is 0.188. The summed E-state index contributed by atoms with van der Waals surface area (Å²) in [5, 5.41) is 0. The Labute approximate surface area is 212 Å². The average Bonchev–Trinajstić information content (AvgIpc) is 3.47. The van der Waals surface area contributed by atoms with Gasteiger partial charge in [-0.15, -0.1) is 0 Å². The summed E-state index contributed by atoms with van der Waals surface area (Å²) in [6, 6.07) is 4.42. The van der Waals surface area contributed by atoms with Crippen molar-refractivity contribution in [2.75, 3.05) is 11.5 Å². The van der Waals surface area contributed by atoms with Crippen LogP contribution in [0, 0.1) is 23.7 Å². The summed E-state index contributed by atoms with van der Waals surface area (Å²) >= 11 is 0. The van der Waals surface area contributed by atoms with Crippen LogP contribution in [-0.2, 0) is 23.7 Å². The Morgan fingerprint density at radius 1 is 0.735 bits per heavy atom. The van der Waals surface area contributed by atoms with E-state index in [1.807, 2.05) is 12.5 Å². The van der Waals surface area contributed by atoms with Crippen molar-refractivity contribution in [3.8, 4) is 0 Å². The predicted molar refractivity (Wildman–Crippen MR) is 144 cm³/mol. The summed E-state index contributed by atoms with van der Waals surface area (Å²) in [6.45, 7) is 9.68. The van der Waals surface area contributed by atoms with Crippen molar-refractivity contribution in [2.24, 2.45) is 23.7 Å². The zero-order chi connectivity index (χ0) is 23.5. The van der Waals surface area contributed by atoms with Crippen molar-refractivity contribution in [3.63, 3.8) is 0 Å². The number of allylic oxidation sites excluding steroid dienone is 2. The smallest absolute Gasteiger partial charge is 0.108 e. The third-order valence-electron chi connectivity index (χ3n) is 9.63. The molecule has 2 aromatic heterocycles. The first-order valence-corrected chi connectivity index (χ1v) is 15.6. The molecule has 0 bridgehead atoms. The van der Waals surface area contributed by atoms with Crippen LogP contribution in [0.1, 0.15) is 76.0 Å². The van der Waals surface area contributed by atoms with Crippen LogP contribution in [0.4, 0.5) is 0 Å². The molecule has 0 spiro atoms. The molecule has 6 rings (SSSR count). The first-order valence-electron chi connectivity index (χ1n) is 13.1. The van der Waals surface area contributed by atoms with E-state index in [1.54, 1.807) is 11.1 Å². The summed E-state index contributed by atoms with van der Waals surface area (Å²) < 4.78 is 11.7. The van der Waals surface area contributed by atoms with Crippen LogP contribution >= 0.6 is 21.6 Å². The fourth-order valence-electron chi connectivity index (χ4n) is 7.76. The van der Waals surface area contributed by atoms with E-state index in [0.717, 1.165) is 24.7 Å². The Bertz CT molecular complexity index is 1030. The van der Waals surface area contributed by atoms with Crippen LogP contribution < -0.4 is 0 Å². The molecule has 0 saturated heterocycles. The molecule has 0 amide bonds. The number of rotatable bonds is 5. The third-order valence-corrected chi connectivity index (χ3v) is 12.0. The minimum Gasteiger partial charge on any atom is -0.469 e. The van der Waals surface area contributed by atoms with Crippen LogP contribution in [0.5, 0.6) is 0 Å². The van der Waals surface area contributed by atoms with E-state index >= 15 is 0 Å². The zero-order valence-electron chi connectivity index (χ0n) is 21.1. The summed E-state index contributed by atoms with van der Waals surface area (Å²) in [7, 11) is 4.13. The van der Waals surface area contributed by atoms with Gasteiger partial charge in [0.15, 0.2) is 0 Å². The van der Waals surface area contributed by atoms with Gasteiger partial charge in [0.05, 0.1) is 12.5 Å². The second-order valence-electron chi connectivity index (χ2n) is 12.2. The molecule has 182 valence electrons. The maximum atomic E-state index is 5.86. The summed E-state index contributed by atoms with van der Waals surface area (Å²) in [6.07, 6.45) is 16.3. The number of hydrogen-bond donors (Lipinski definition) is 0. The van der Waals surface area contributed by atoms with Gasteiger partial charge < -0.3 is 8.83 Å². The lowest BCUT2D eigenvalue weighted by atomic mass is 9.59. The lowest BCUT2D eigenvalue weighted by Crippen LogP contribution is -2.40. The highest BCUT2D eigenvalue weighted by molar-refractivity contribution is 8.76. The quantitative estimate of drug-likeness (QED) is 0.236. The van der Waals surface area contributed by atoms with Crippen LogP contribution in [-0.4, -0.2) is 11.5 Å². The molecule has 4 aliphatic carbocycles. The van der Waals surface area contributed by atoms with Crippen molar-refractivity contribution in [2.45, 2.75) is 77.0 Å². The molecule has 0 radical (unpaired) electrons. The van der Waals surface area contributed by atoms with E-state index in [0.29, 0.717) is 11.8 Å². The monoisotopic (exact) mass is 494 g/mol. The Morgan fingerprint density at radius 3 is 1.62 bits per heavy atom.